The fourth-order valence-corrected chi connectivity index (χ4v) is 1.34. The van der Waals surface area contributed by atoms with Gasteiger partial charge in [0.25, 0.3) is 0 Å². The molecule has 0 aromatic rings. The summed E-state index contributed by atoms with van der Waals surface area (Å²) in [6.45, 7) is 7.85. The van der Waals surface area contributed by atoms with E-state index in [1.165, 1.54) is 0 Å². The second-order valence-corrected chi connectivity index (χ2v) is 4.47. The van der Waals surface area contributed by atoms with Gasteiger partial charge in [0.1, 0.15) is 6.29 Å². The van der Waals surface area contributed by atoms with Gasteiger partial charge < -0.3 is 15.8 Å². The number of nitrogens with one attached hydrogen (secondary N) is 1. The van der Waals surface area contributed by atoms with Gasteiger partial charge in [-0.25, -0.2) is 0 Å². The minimum Gasteiger partial charge on any atom is -0.345 e. The zero-order chi connectivity index (χ0) is 12.7. The van der Waals surface area contributed by atoms with E-state index in [2.05, 4.69) is 5.32 Å². The Kier molecular flexibility index (Phi) is 6.97. The molecule has 94 valence electrons. The lowest BCUT2D eigenvalue weighted by molar-refractivity contribution is -0.126. The van der Waals surface area contributed by atoms with Crippen LogP contribution < -0.4 is 11.1 Å². The molecule has 0 radical (unpaired) electrons. The predicted molar refractivity (Wildman–Crippen MR) is 64.9 cm³/mol. The van der Waals surface area contributed by atoms with Gasteiger partial charge in [-0.3, -0.25) is 4.79 Å². The van der Waals surface area contributed by atoms with Crippen molar-refractivity contribution in [1.29, 1.82) is 0 Å². The van der Waals surface area contributed by atoms with Crippen LogP contribution in [0.4, 0.5) is 0 Å². The van der Waals surface area contributed by atoms with Crippen LogP contribution in [0, 0.1) is 11.8 Å². The maximum atomic E-state index is 11.7. The molecular weight excluding hydrogens is 204 g/mol. The average Bonchev–Trinajstić information content (AvgIpc) is 2.32. The molecule has 0 unspecified atom stereocenters. The minimum absolute atomic E-state index is 0.129. The first-order valence-electron chi connectivity index (χ1n) is 5.99. The molecule has 3 N–H and O–H groups in total. The summed E-state index contributed by atoms with van der Waals surface area (Å²) >= 11 is 0. The van der Waals surface area contributed by atoms with Crippen LogP contribution in [-0.4, -0.2) is 24.3 Å². The third-order valence-corrected chi connectivity index (χ3v) is 3.27. The van der Waals surface area contributed by atoms with Crippen molar-refractivity contribution in [3.05, 3.63) is 0 Å². The summed E-state index contributed by atoms with van der Waals surface area (Å²) in [6, 6.07) is -0.955. The monoisotopic (exact) mass is 228 g/mol. The first-order valence-corrected chi connectivity index (χ1v) is 5.99. The van der Waals surface area contributed by atoms with Crippen LogP contribution in [0.1, 0.15) is 40.5 Å². The molecule has 4 atom stereocenters. The number of nitrogens with two attached hydrogens (primary N) is 1. The molecule has 0 aromatic heterocycles. The number of hydrogen-bond acceptors (Lipinski definition) is 3. The van der Waals surface area contributed by atoms with Crippen molar-refractivity contribution < 1.29 is 9.59 Å². The van der Waals surface area contributed by atoms with E-state index in [1.807, 2.05) is 27.7 Å². The van der Waals surface area contributed by atoms with Gasteiger partial charge >= 0.3 is 0 Å². The molecule has 4 nitrogen and oxygen atoms in total. The van der Waals surface area contributed by atoms with Crippen molar-refractivity contribution in [2.24, 2.45) is 17.6 Å². The summed E-state index contributed by atoms with van der Waals surface area (Å²) in [5, 5.41) is 2.70. The van der Waals surface area contributed by atoms with E-state index in [0.29, 0.717) is 0 Å². The Morgan fingerprint density at radius 2 is 1.75 bits per heavy atom. The van der Waals surface area contributed by atoms with Crippen molar-refractivity contribution in [3.8, 4) is 0 Å². The first-order chi connectivity index (χ1) is 7.47. The molecule has 0 aliphatic carbocycles. The first kappa shape index (κ1) is 15.1. The van der Waals surface area contributed by atoms with Crippen LogP contribution >= 0.6 is 0 Å². The quantitative estimate of drug-likeness (QED) is 0.641. The van der Waals surface area contributed by atoms with E-state index in [9.17, 15) is 9.59 Å². The van der Waals surface area contributed by atoms with Gasteiger partial charge in [-0.1, -0.05) is 40.5 Å². The van der Waals surface area contributed by atoms with Gasteiger partial charge in [-0.05, 0) is 11.8 Å². The lowest BCUT2D eigenvalue weighted by Crippen LogP contribution is -2.50. The van der Waals surface area contributed by atoms with Gasteiger partial charge in [0.15, 0.2) is 0 Å². The third-order valence-electron chi connectivity index (χ3n) is 3.27. The second kappa shape index (κ2) is 7.39. The van der Waals surface area contributed by atoms with Gasteiger partial charge in [0, 0.05) is 0 Å². The van der Waals surface area contributed by atoms with Crippen LogP contribution in [0.3, 0.4) is 0 Å². The van der Waals surface area contributed by atoms with E-state index < -0.39 is 12.1 Å². The maximum absolute atomic E-state index is 11.7. The van der Waals surface area contributed by atoms with E-state index in [0.717, 1.165) is 19.1 Å². The number of carbonyl (C=O) groups excluding carboxylic acids is 2. The number of hydrogen-bond donors (Lipinski definition) is 2. The second-order valence-electron chi connectivity index (χ2n) is 4.47. The Bertz CT molecular complexity index is 231. The minimum atomic E-state index is -0.531. The van der Waals surface area contributed by atoms with Gasteiger partial charge in [0.2, 0.25) is 5.91 Å². The molecular formula is C12H24N2O2. The fourth-order valence-electron chi connectivity index (χ4n) is 1.34. The van der Waals surface area contributed by atoms with Crippen LogP contribution in [0.5, 0.6) is 0 Å². The van der Waals surface area contributed by atoms with Crippen LogP contribution in [0.15, 0.2) is 0 Å². The highest BCUT2D eigenvalue weighted by molar-refractivity contribution is 5.84. The molecule has 0 bridgehead atoms. The molecule has 0 saturated heterocycles. The SMILES string of the molecule is CC[C@H](C)[C@H](N)C(=O)N[C@H](C=O)[C@@H](C)CC. The molecule has 16 heavy (non-hydrogen) atoms. The van der Waals surface area contributed by atoms with Crippen molar-refractivity contribution >= 4 is 12.2 Å². The lowest BCUT2D eigenvalue weighted by Gasteiger charge is -2.23. The smallest absolute Gasteiger partial charge is 0.237 e. The van der Waals surface area contributed by atoms with Gasteiger partial charge in [-0.2, -0.15) is 0 Å². The van der Waals surface area contributed by atoms with E-state index in [1.54, 1.807) is 0 Å². The number of carbonyl (C=O) groups is 2. The summed E-state index contributed by atoms with van der Waals surface area (Å²) in [5.74, 6) is 0.0431. The highest BCUT2D eigenvalue weighted by atomic mass is 16.2. The Labute approximate surface area is 98.0 Å². The maximum Gasteiger partial charge on any atom is 0.237 e. The number of aldehydes is 1. The number of rotatable bonds is 7. The third kappa shape index (κ3) is 4.31. The zero-order valence-electron chi connectivity index (χ0n) is 10.7. The van der Waals surface area contributed by atoms with Crippen LogP contribution in [-0.2, 0) is 9.59 Å². The Hall–Kier alpha value is -0.900. The largest absolute Gasteiger partial charge is 0.345 e. The highest BCUT2D eigenvalue weighted by Crippen LogP contribution is 2.08. The molecule has 0 aliphatic rings. The van der Waals surface area contributed by atoms with Crippen molar-refractivity contribution in [3.63, 3.8) is 0 Å². The van der Waals surface area contributed by atoms with Crippen LogP contribution in [0.25, 0.3) is 0 Å². The predicted octanol–water partition coefficient (Wildman–Crippen LogP) is 1.09. The Balaban J connectivity index is 4.35. The highest BCUT2D eigenvalue weighted by Gasteiger charge is 2.23. The zero-order valence-corrected chi connectivity index (χ0v) is 10.7. The normalized spacial score (nSPS) is 18.3. The average molecular weight is 228 g/mol. The summed E-state index contributed by atoms with van der Waals surface area (Å²) < 4.78 is 0. The van der Waals surface area contributed by atoms with Crippen molar-refractivity contribution in [1.82, 2.24) is 5.32 Å². The molecule has 0 aromatic carbocycles. The van der Waals surface area contributed by atoms with E-state index in [-0.39, 0.29) is 17.7 Å². The molecule has 4 heteroatoms. The van der Waals surface area contributed by atoms with Crippen LogP contribution in [0.2, 0.25) is 0 Å². The summed E-state index contributed by atoms with van der Waals surface area (Å²) in [6.07, 6.45) is 2.49. The topological polar surface area (TPSA) is 72.2 Å². The molecule has 0 saturated carbocycles. The summed E-state index contributed by atoms with van der Waals surface area (Å²) in [4.78, 5) is 22.6. The Morgan fingerprint density at radius 1 is 1.25 bits per heavy atom. The fraction of sp³-hybridized carbons (Fsp3) is 0.833. The molecule has 0 fully saturated rings. The van der Waals surface area contributed by atoms with Gasteiger partial charge in [-0.15, -0.1) is 0 Å². The van der Waals surface area contributed by atoms with Crippen molar-refractivity contribution in [2.45, 2.75) is 52.6 Å². The molecule has 0 rings (SSSR count). The Morgan fingerprint density at radius 3 is 2.12 bits per heavy atom. The molecule has 0 spiro atoms. The molecule has 0 aliphatic heterocycles. The molecule has 1 amide bonds. The molecule has 0 heterocycles. The summed E-state index contributed by atoms with van der Waals surface area (Å²) in [5.41, 5.74) is 5.79. The lowest BCUT2D eigenvalue weighted by atomic mass is 9.97. The number of amides is 1. The van der Waals surface area contributed by atoms with E-state index in [4.69, 9.17) is 5.73 Å². The summed E-state index contributed by atoms with van der Waals surface area (Å²) in [7, 11) is 0. The van der Waals surface area contributed by atoms with Crippen molar-refractivity contribution in [2.75, 3.05) is 0 Å². The van der Waals surface area contributed by atoms with Gasteiger partial charge in [0.05, 0.1) is 12.1 Å². The van der Waals surface area contributed by atoms with E-state index >= 15 is 0 Å². The standard InChI is InChI=1S/C12H24N2O2/c1-5-8(3)10(7-15)14-12(16)11(13)9(4)6-2/h7-11H,5-6,13H2,1-4H3,(H,14,16)/t8-,9-,10+,11-/m0/s1.